The fourth-order valence-corrected chi connectivity index (χ4v) is 5.12. The predicted molar refractivity (Wildman–Crippen MR) is 184 cm³/mol. The van der Waals surface area contributed by atoms with Crippen LogP contribution in [0.2, 0.25) is 0 Å². The van der Waals surface area contributed by atoms with Gasteiger partial charge in [-0.05, 0) is 75.6 Å². The van der Waals surface area contributed by atoms with Crippen LogP contribution in [0.1, 0.15) is 108 Å². The van der Waals surface area contributed by atoms with Crippen molar-refractivity contribution in [2.45, 2.75) is 90.9 Å². The fraction of sp³-hybridized carbons (Fsp3) is 0.526. The standard InChI is InChI=1S/C26H26O3.4C3H8O/c1-26(19-9-7-18(8-10-19)17-5-3-2-4-6-17)22-13-11-20(27)15-24(22)29-25-16-21(28)12-14-23(25)26;2*1-3-4-2;2*1-2-3-4/h7-17,27-28H,2-6H2,1H3;2*3H2,1-2H3;2*4H,2-3H2,1H3. The second kappa shape index (κ2) is 22.4. The van der Waals surface area contributed by atoms with Crippen LogP contribution in [-0.2, 0) is 14.9 Å². The van der Waals surface area contributed by atoms with Gasteiger partial charge >= 0.3 is 0 Å². The number of hydrogen-bond donors (Lipinski definition) is 4. The highest BCUT2D eigenvalue weighted by Crippen LogP contribution is 2.53. The minimum absolute atomic E-state index is 0.169. The molecule has 0 saturated heterocycles. The number of aliphatic hydroxyl groups excluding tert-OH is 2. The van der Waals surface area contributed by atoms with Crippen LogP contribution in [0, 0.1) is 0 Å². The average molecular weight is 627 g/mol. The number of phenols is 2. The molecule has 7 heteroatoms. The van der Waals surface area contributed by atoms with Crippen LogP contribution >= 0.6 is 0 Å². The zero-order valence-corrected chi connectivity index (χ0v) is 28.6. The van der Waals surface area contributed by atoms with Crippen molar-refractivity contribution in [3.63, 3.8) is 0 Å². The molecule has 0 bridgehead atoms. The summed E-state index contributed by atoms with van der Waals surface area (Å²) in [6.07, 6.45) is 8.34. The molecule has 2 aliphatic rings. The largest absolute Gasteiger partial charge is 0.508 e. The highest BCUT2D eigenvalue weighted by atomic mass is 16.5. The zero-order valence-electron chi connectivity index (χ0n) is 28.6. The number of aromatic hydroxyl groups is 2. The minimum atomic E-state index is -0.435. The molecule has 1 fully saturated rings. The van der Waals surface area contributed by atoms with E-state index in [0.29, 0.717) is 30.6 Å². The molecule has 1 heterocycles. The Morgan fingerprint density at radius 2 is 1.09 bits per heavy atom. The van der Waals surface area contributed by atoms with E-state index >= 15 is 0 Å². The Morgan fingerprint density at radius 3 is 1.44 bits per heavy atom. The molecule has 0 unspecified atom stereocenters. The third kappa shape index (κ3) is 12.3. The molecular weight excluding hydrogens is 568 g/mol. The zero-order chi connectivity index (χ0) is 33.7. The topological polar surface area (TPSA) is 109 Å². The third-order valence-corrected chi connectivity index (χ3v) is 7.82. The number of benzene rings is 3. The molecule has 0 amide bonds. The Kier molecular flexibility index (Phi) is 19.9. The Bertz CT molecular complexity index is 1110. The summed E-state index contributed by atoms with van der Waals surface area (Å²) in [6, 6.07) is 19.6. The maximum Gasteiger partial charge on any atom is 0.135 e. The van der Waals surface area contributed by atoms with Crippen molar-refractivity contribution in [1.82, 2.24) is 0 Å². The first-order chi connectivity index (χ1) is 21.7. The summed E-state index contributed by atoms with van der Waals surface area (Å²) in [5.41, 5.74) is 4.20. The Labute approximate surface area is 271 Å². The third-order valence-electron chi connectivity index (χ3n) is 7.82. The number of fused-ring (bicyclic) bond motifs is 2. The summed E-state index contributed by atoms with van der Waals surface area (Å²) in [4.78, 5) is 0. The van der Waals surface area contributed by atoms with Gasteiger partial charge < -0.3 is 34.6 Å². The molecule has 0 spiro atoms. The molecule has 0 radical (unpaired) electrons. The number of rotatable bonds is 6. The maximum absolute atomic E-state index is 9.98. The molecular formula is C38H58O7. The van der Waals surface area contributed by atoms with E-state index in [1.54, 1.807) is 38.5 Å². The van der Waals surface area contributed by atoms with E-state index in [0.717, 1.165) is 37.2 Å². The normalized spacial score (nSPS) is 14.2. The van der Waals surface area contributed by atoms with Gasteiger partial charge in [0, 0.05) is 69.3 Å². The maximum atomic E-state index is 9.98. The van der Waals surface area contributed by atoms with Gasteiger partial charge in [0.15, 0.2) is 0 Å². The van der Waals surface area contributed by atoms with Crippen LogP contribution in [0.25, 0.3) is 0 Å². The van der Waals surface area contributed by atoms with Crippen molar-refractivity contribution in [1.29, 1.82) is 0 Å². The monoisotopic (exact) mass is 626 g/mol. The quantitative estimate of drug-likeness (QED) is 0.217. The summed E-state index contributed by atoms with van der Waals surface area (Å²) < 4.78 is 15.1. The lowest BCUT2D eigenvalue weighted by molar-refractivity contribution is 0.215. The van der Waals surface area contributed by atoms with Gasteiger partial charge in [-0.3, -0.25) is 0 Å². The molecule has 0 aromatic heterocycles. The number of aliphatic hydroxyl groups is 2. The molecule has 1 aliphatic carbocycles. The van der Waals surface area contributed by atoms with Crippen molar-refractivity contribution in [2.75, 3.05) is 40.6 Å². The predicted octanol–water partition coefficient (Wildman–Crippen LogP) is 8.69. The SMILES string of the molecule is CC1(c2ccc(C3CCCCC3)cc2)c2ccc(O)cc2Oc2cc(O)ccc21.CCCO.CCCO.CCOC.CCOC. The van der Waals surface area contributed by atoms with Crippen molar-refractivity contribution in [3.8, 4) is 23.0 Å². The van der Waals surface area contributed by atoms with Gasteiger partial charge in [0.2, 0.25) is 0 Å². The first kappa shape index (κ1) is 39.9. The minimum Gasteiger partial charge on any atom is -0.508 e. The van der Waals surface area contributed by atoms with E-state index in [2.05, 4.69) is 40.7 Å². The molecule has 5 rings (SSSR count). The number of ether oxygens (including phenoxy) is 3. The van der Waals surface area contributed by atoms with Gasteiger partial charge in [0.1, 0.15) is 23.0 Å². The Morgan fingerprint density at radius 1 is 0.689 bits per heavy atom. The molecule has 252 valence electrons. The molecule has 0 atom stereocenters. The molecule has 1 saturated carbocycles. The van der Waals surface area contributed by atoms with Crippen molar-refractivity contribution >= 4 is 0 Å². The number of phenolic OH excluding ortho intramolecular Hbond substituents is 2. The smallest absolute Gasteiger partial charge is 0.135 e. The average Bonchev–Trinajstić information content (AvgIpc) is 3.08. The van der Waals surface area contributed by atoms with Crippen LogP contribution < -0.4 is 4.74 Å². The lowest BCUT2D eigenvalue weighted by Crippen LogP contribution is -2.29. The van der Waals surface area contributed by atoms with Crippen LogP contribution in [0.3, 0.4) is 0 Å². The summed E-state index contributed by atoms with van der Waals surface area (Å²) >= 11 is 0. The summed E-state index contributed by atoms with van der Waals surface area (Å²) in [6.45, 7) is 12.2. The van der Waals surface area contributed by atoms with Gasteiger partial charge in [-0.1, -0.05) is 69.5 Å². The molecule has 3 aromatic rings. The van der Waals surface area contributed by atoms with Crippen molar-refractivity contribution < 1.29 is 34.6 Å². The second-order valence-electron chi connectivity index (χ2n) is 11.1. The number of hydrogen-bond acceptors (Lipinski definition) is 7. The Balaban J connectivity index is 0.000000530. The van der Waals surface area contributed by atoms with Crippen LogP contribution in [-0.4, -0.2) is 61.1 Å². The van der Waals surface area contributed by atoms with E-state index in [1.165, 1.54) is 43.2 Å². The van der Waals surface area contributed by atoms with Gasteiger partial charge in [-0.25, -0.2) is 0 Å². The van der Waals surface area contributed by atoms with E-state index in [4.69, 9.17) is 14.9 Å². The lowest BCUT2D eigenvalue weighted by atomic mass is 9.69. The fourth-order valence-electron chi connectivity index (χ4n) is 5.12. The van der Waals surface area contributed by atoms with Crippen molar-refractivity contribution in [3.05, 3.63) is 82.9 Å². The van der Waals surface area contributed by atoms with E-state index in [9.17, 15) is 10.2 Å². The van der Waals surface area contributed by atoms with Gasteiger partial charge in [-0.15, -0.1) is 0 Å². The summed E-state index contributed by atoms with van der Waals surface area (Å²) in [7, 11) is 3.36. The molecule has 3 aromatic carbocycles. The lowest BCUT2D eigenvalue weighted by Gasteiger charge is -2.38. The highest BCUT2D eigenvalue weighted by Gasteiger charge is 2.40. The summed E-state index contributed by atoms with van der Waals surface area (Å²) in [5, 5.41) is 35.7. The van der Waals surface area contributed by atoms with Crippen LogP contribution in [0.5, 0.6) is 23.0 Å². The molecule has 4 N–H and O–H groups in total. The van der Waals surface area contributed by atoms with Crippen LogP contribution in [0.4, 0.5) is 0 Å². The molecule has 7 nitrogen and oxygen atoms in total. The van der Waals surface area contributed by atoms with Crippen molar-refractivity contribution in [2.24, 2.45) is 0 Å². The van der Waals surface area contributed by atoms with E-state index in [1.807, 2.05) is 39.8 Å². The second-order valence-corrected chi connectivity index (χ2v) is 11.1. The molecule has 45 heavy (non-hydrogen) atoms. The van der Waals surface area contributed by atoms with E-state index in [-0.39, 0.29) is 11.5 Å². The van der Waals surface area contributed by atoms with Gasteiger partial charge in [0.25, 0.3) is 0 Å². The first-order valence-electron chi connectivity index (χ1n) is 16.4. The first-order valence-corrected chi connectivity index (χ1v) is 16.4. The highest BCUT2D eigenvalue weighted by molar-refractivity contribution is 5.64. The van der Waals surface area contributed by atoms with Gasteiger partial charge in [-0.2, -0.15) is 0 Å². The van der Waals surface area contributed by atoms with Gasteiger partial charge in [0.05, 0.1) is 0 Å². The number of methoxy groups -OCH3 is 2. The molecule has 1 aliphatic heterocycles. The van der Waals surface area contributed by atoms with Crippen LogP contribution in [0.15, 0.2) is 60.7 Å². The van der Waals surface area contributed by atoms with E-state index < -0.39 is 5.41 Å². The Hall–Kier alpha value is -3.10. The summed E-state index contributed by atoms with van der Waals surface area (Å²) in [5.74, 6) is 2.27.